The van der Waals surface area contributed by atoms with Gasteiger partial charge in [-0.15, -0.1) is 0 Å². The van der Waals surface area contributed by atoms with Crippen LogP contribution in [-0.2, 0) is 16.2 Å². The number of nitrogens with zero attached hydrogens (tertiary/aromatic N) is 3. The van der Waals surface area contributed by atoms with Gasteiger partial charge in [0.25, 0.3) is 0 Å². The molecule has 0 bridgehead atoms. The first-order valence-electron chi connectivity index (χ1n) is 12.0. The normalized spacial score (nSPS) is 18.5. The molecule has 8 nitrogen and oxygen atoms in total. The number of ether oxygens (including phenoxy) is 2. The zero-order chi connectivity index (χ0) is 24.1. The van der Waals surface area contributed by atoms with E-state index >= 15 is 0 Å². The molecule has 0 saturated carbocycles. The molecule has 3 heterocycles. The van der Waals surface area contributed by atoms with Crippen LogP contribution >= 0.6 is 0 Å². The molecule has 1 unspecified atom stereocenters. The molecule has 2 saturated heterocycles. The molecule has 4 rings (SSSR count). The van der Waals surface area contributed by atoms with Gasteiger partial charge in [0.05, 0.1) is 18.4 Å². The Kier molecular flexibility index (Phi) is 7.55. The van der Waals surface area contributed by atoms with Gasteiger partial charge in [0.15, 0.2) is 11.5 Å². The van der Waals surface area contributed by atoms with Crippen molar-refractivity contribution in [3.63, 3.8) is 0 Å². The first kappa shape index (κ1) is 23.9. The van der Waals surface area contributed by atoms with Crippen molar-refractivity contribution in [2.24, 2.45) is 0 Å². The number of rotatable bonds is 7. The Morgan fingerprint density at radius 1 is 1.12 bits per heavy atom. The predicted molar refractivity (Wildman–Crippen MR) is 128 cm³/mol. The number of carbonyl (C=O) groups is 2. The lowest BCUT2D eigenvalue weighted by molar-refractivity contribution is -0.144. The fraction of sp³-hybridized carbons (Fsp3) is 0.500. The van der Waals surface area contributed by atoms with Crippen LogP contribution in [0.25, 0.3) is 6.08 Å². The minimum Gasteiger partial charge on any atom is -0.493 e. The maximum Gasteiger partial charge on any atom is 0.247 e. The second-order valence-corrected chi connectivity index (χ2v) is 8.91. The van der Waals surface area contributed by atoms with Gasteiger partial charge in [0, 0.05) is 25.7 Å². The lowest BCUT2D eigenvalue weighted by Gasteiger charge is -2.36. The Balaban J connectivity index is 1.42. The summed E-state index contributed by atoms with van der Waals surface area (Å²) >= 11 is 0. The quantitative estimate of drug-likeness (QED) is 0.575. The molecule has 8 heteroatoms. The van der Waals surface area contributed by atoms with E-state index in [1.807, 2.05) is 36.9 Å². The minimum atomic E-state index is -0.348. The summed E-state index contributed by atoms with van der Waals surface area (Å²) in [6, 6.07) is 5.17. The molecule has 0 radical (unpaired) electrons. The van der Waals surface area contributed by atoms with Crippen LogP contribution in [0, 0.1) is 13.8 Å². The second kappa shape index (κ2) is 10.8. The lowest BCUT2D eigenvalue weighted by atomic mass is 10.0. The third-order valence-corrected chi connectivity index (χ3v) is 6.65. The maximum absolute atomic E-state index is 13.0. The molecule has 2 aromatic rings. The number of amides is 2. The third-order valence-electron chi connectivity index (χ3n) is 6.65. The van der Waals surface area contributed by atoms with E-state index in [9.17, 15) is 9.59 Å². The van der Waals surface area contributed by atoms with E-state index in [0.29, 0.717) is 24.7 Å². The summed E-state index contributed by atoms with van der Waals surface area (Å²) < 4.78 is 16.6. The molecule has 182 valence electrons. The molecular formula is C26H33N3O5. The van der Waals surface area contributed by atoms with E-state index in [-0.39, 0.29) is 17.9 Å². The first-order chi connectivity index (χ1) is 16.5. The molecule has 1 aromatic heterocycles. The monoisotopic (exact) mass is 467 g/mol. The summed E-state index contributed by atoms with van der Waals surface area (Å²) in [6.45, 7) is 6.28. The topological polar surface area (TPSA) is 85.1 Å². The van der Waals surface area contributed by atoms with Crippen LogP contribution in [0.2, 0.25) is 0 Å². The summed E-state index contributed by atoms with van der Waals surface area (Å²) in [7, 11) is 1.58. The van der Waals surface area contributed by atoms with Crippen molar-refractivity contribution in [1.29, 1.82) is 0 Å². The van der Waals surface area contributed by atoms with Crippen LogP contribution in [0.4, 0.5) is 0 Å². The third kappa shape index (κ3) is 5.26. The van der Waals surface area contributed by atoms with Gasteiger partial charge in [-0.25, -0.2) is 0 Å². The van der Waals surface area contributed by atoms with Crippen molar-refractivity contribution in [2.75, 3.05) is 26.7 Å². The van der Waals surface area contributed by atoms with Crippen molar-refractivity contribution in [1.82, 2.24) is 15.0 Å². The van der Waals surface area contributed by atoms with E-state index < -0.39 is 0 Å². The Morgan fingerprint density at radius 3 is 2.59 bits per heavy atom. The fourth-order valence-corrected chi connectivity index (χ4v) is 4.63. The molecule has 2 amide bonds. The van der Waals surface area contributed by atoms with Crippen molar-refractivity contribution in [3.8, 4) is 11.5 Å². The summed E-state index contributed by atoms with van der Waals surface area (Å²) in [5.41, 5.74) is 2.53. The molecule has 1 aromatic carbocycles. The van der Waals surface area contributed by atoms with Crippen LogP contribution in [0.3, 0.4) is 0 Å². The summed E-state index contributed by atoms with van der Waals surface area (Å²) in [5, 5.41) is 3.95. The van der Waals surface area contributed by atoms with Crippen molar-refractivity contribution < 1.29 is 23.6 Å². The summed E-state index contributed by atoms with van der Waals surface area (Å²) in [4.78, 5) is 29.6. The standard InChI is InChI=1S/C26H33N3O5/c1-18-21(19(2)34-27-18)17-33-23-11-9-20(16-24(23)32-3)10-12-25(30)29-15-5-4-8-22(29)26(31)28-13-6-7-14-28/h9-12,16,22H,4-8,13-15,17H2,1-3H3/b12-10+. The number of piperidine rings is 1. The number of aromatic nitrogens is 1. The van der Waals surface area contributed by atoms with Crippen molar-refractivity contribution >= 4 is 17.9 Å². The number of likely N-dealkylation sites (tertiary alicyclic amines) is 2. The number of carbonyl (C=O) groups excluding carboxylic acids is 2. The van der Waals surface area contributed by atoms with Gasteiger partial charge in [-0.2, -0.15) is 0 Å². The van der Waals surface area contributed by atoms with Gasteiger partial charge in [0.2, 0.25) is 11.8 Å². The van der Waals surface area contributed by atoms with Crippen LogP contribution < -0.4 is 9.47 Å². The highest BCUT2D eigenvalue weighted by Gasteiger charge is 2.34. The van der Waals surface area contributed by atoms with Crippen molar-refractivity contribution in [2.45, 2.75) is 58.6 Å². The van der Waals surface area contributed by atoms with Crippen LogP contribution in [0.15, 0.2) is 28.8 Å². The predicted octanol–water partition coefficient (Wildman–Crippen LogP) is 3.90. The lowest BCUT2D eigenvalue weighted by Crippen LogP contribution is -2.52. The average Bonchev–Trinajstić information content (AvgIpc) is 3.51. The van der Waals surface area contributed by atoms with Gasteiger partial charge < -0.3 is 23.8 Å². The average molecular weight is 468 g/mol. The fourth-order valence-electron chi connectivity index (χ4n) is 4.63. The van der Waals surface area contributed by atoms with E-state index in [1.54, 1.807) is 24.2 Å². The summed E-state index contributed by atoms with van der Waals surface area (Å²) in [6.07, 6.45) is 8.04. The smallest absolute Gasteiger partial charge is 0.247 e. The Bertz CT molecular complexity index is 1040. The minimum absolute atomic E-state index is 0.0976. The number of hydrogen-bond donors (Lipinski definition) is 0. The number of aryl methyl sites for hydroxylation is 2. The van der Waals surface area contributed by atoms with Gasteiger partial charge in [-0.05, 0) is 69.7 Å². The zero-order valence-corrected chi connectivity index (χ0v) is 20.2. The highest BCUT2D eigenvalue weighted by molar-refractivity contribution is 5.95. The van der Waals surface area contributed by atoms with E-state index in [1.165, 1.54) is 0 Å². The Labute approximate surface area is 200 Å². The maximum atomic E-state index is 13.0. The van der Waals surface area contributed by atoms with E-state index in [2.05, 4.69) is 5.16 Å². The number of methoxy groups -OCH3 is 1. The largest absolute Gasteiger partial charge is 0.493 e. The van der Waals surface area contributed by atoms with Crippen LogP contribution in [-0.4, -0.2) is 59.6 Å². The van der Waals surface area contributed by atoms with Crippen LogP contribution in [0.1, 0.15) is 54.7 Å². The van der Waals surface area contributed by atoms with Crippen LogP contribution in [0.5, 0.6) is 11.5 Å². The highest BCUT2D eigenvalue weighted by atomic mass is 16.5. The highest BCUT2D eigenvalue weighted by Crippen LogP contribution is 2.30. The molecule has 2 aliphatic rings. The first-order valence-corrected chi connectivity index (χ1v) is 12.0. The molecule has 2 fully saturated rings. The zero-order valence-electron chi connectivity index (χ0n) is 20.2. The van der Waals surface area contributed by atoms with Gasteiger partial charge in [0.1, 0.15) is 18.4 Å². The molecule has 1 atom stereocenters. The summed E-state index contributed by atoms with van der Waals surface area (Å²) in [5.74, 6) is 1.86. The van der Waals surface area contributed by atoms with Crippen molar-refractivity contribution in [3.05, 3.63) is 46.9 Å². The van der Waals surface area contributed by atoms with E-state index in [4.69, 9.17) is 14.0 Å². The van der Waals surface area contributed by atoms with Gasteiger partial charge in [-0.1, -0.05) is 11.2 Å². The van der Waals surface area contributed by atoms with E-state index in [0.717, 1.165) is 67.8 Å². The van der Waals surface area contributed by atoms with Gasteiger partial charge in [-0.3, -0.25) is 9.59 Å². The molecule has 0 spiro atoms. The molecular weight excluding hydrogens is 434 g/mol. The molecule has 2 aliphatic heterocycles. The SMILES string of the molecule is COc1cc(/C=C/C(=O)N2CCCCC2C(=O)N2CCCC2)ccc1OCc1c(C)noc1C. The molecule has 0 aliphatic carbocycles. The Hall–Kier alpha value is -3.29. The molecule has 0 N–H and O–H groups in total. The number of benzene rings is 1. The number of hydrogen-bond acceptors (Lipinski definition) is 6. The second-order valence-electron chi connectivity index (χ2n) is 8.91. The van der Waals surface area contributed by atoms with Gasteiger partial charge >= 0.3 is 0 Å². The Morgan fingerprint density at radius 2 is 1.88 bits per heavy atom. The molecule has 34 heavy (non-hydrogen) atoms.